The van der Waals surface area contributed by atoms with Crippen LogP contribution in [0.2, 0.25) is 5.02 Å². The lowest BCUT2D eigenvalue weighted by Crippen LogP contribution is -2.25. The fourth-order valence-corrected chi connectivity index (χ4v) is 4.59. The second kappa shape index (κ2) is 8.57. The van der Waals surface area contributed by atoms with Gasteiger partial charge < -0.3 is 9.30 Å². The van der Waals surface area contributed by atoms with Gasteiger partial charge in [0.25, 0.3) is 6.43 Å². The zero-order valence-corrected chi connectivity index (χ0v) is 18.4. The van der Waals surface area contributed by atoms with Gasteiger partial charge in [0.1, 0.15) is 12.4 Å². The summed E-state index contributed by atoms with van der Waals surface area (Å²) < 4.78 is 33.8. The summed E-state index contributed by atoms with van der Waals surface area (Å²) in [6.45, 7) is 4.65. The third-order valence-corrected chi connectivity index (χ3v) is 6.20. The maximum absolute atomic E-state index is 12.8. The molecule has 0 saturated heterocycles. The number of benzene rings is 3. The molecule has 3 aromatic carbocycles. The van der Waals surface area contributed by atoms with Crippen molar-refractivity contribution < 1.29 is 13.5 Å². The second-order valence-electron chi connectivity index (χ2n) is 8.27. The zero-order valence-electron chi connectivity index (χ0n) is 17.7. The molecule has 32 heavy (non-hydrogen) atoms. The molecule has 0 radical (unpaired) electrons. The van der Waals surface area contributed by atoms with E-state index in [1.54, 1.807) is 12.1 Å². The first-order valence-corrected chi connectivity index (χ1v) is 11.0. The van der Waals surface area contributed by atoms with E-state index in [1.165, 1.54) is 23.1 Å². The van der Waals surface area contributed by atoms with E-state index in [1.807, 2.05) is 6.07 Å². The Balaban J connectivity index is 1.44. The smallest absolute Gasteiger partial charge is 0.263 e. The molecule has 3 nitrogen and oxygen atoms in total. The summed E-state index contributed by atoms with van der Waals surface area (Å²) in [4.78, 5) is 2.25. The van der Waals surface area contributed by atoms with Crippen LogP contribution in [0.15, 0.2) is 66.9 Å². The van der Waals surface area contributed by atoms with E-state index < -0.39 is 6.43 Å². The van der Waals surface area contributed by atoms with Crippen LogP contribution in [-0.2, 0) is 13.1 Å². The second-order valence-corrected chi connectivity index (χ2v) is 8.67. The molecule has 1 aliphatic heterocycles. The van der Waals surface area contributed by atoms with Crippen molar-refractivity contribution in [3.63, 3.8) is 0 Å². The van der Waals surface area contributed by atoms with E-state index in [-0.39, 0.29) is 5.56 Å². The highest BCUT2D eigenvalue weighted by Gasteiger charge is 2.20. The summed E-state index contributed by atoms with van der Waals surface area (Å²) >= 11 is 6.64. The van der Waals surface area contributed by atoms with Crippen LogP contribution in [0.3, 0.4) is 0 Å². The molecule has 0 fully saturated rings. The number of alkyl halides is 2. The Kier molecular flexibility index (Phi) is 5.62. The van der Waals surface area contributed by atoms with Gasteiger partial charge in [0, 0.05) is 48.0 Å². The van der Waals surface area contributed by atoms with Crippen LogP contribution < -0.4 is 4.74 Å². The summed E-state index contributed by atoms with van der Waals surface area (Å²) in [7, 11) is 0. The Morgan fingerprint density at radius 3 is 2.62 bits per heavy atom. The van der Waals surface area contributed by atoms with Crippen molar-refractivity contribution in [3.05, 3.63) is 94.1 Å². The minimum atomic E-state index is -2.45. The molecule has 0 unspecified atom stereocenters. The molecule has 1 aliphatic rings. The van der Waals surface area contributed by atoms with E-state index in [9.17, 15) is 8.78 Å². The number of hydrogen-bond donors (Lipinski definition) is 0. The van der Waals surface area contributed by atoms with Crippen molar-refractivity contribution in [1.82, 2.24) is 9.47 Å². The number of ether oxygens (including phenoxy) is 1. The fraction of sp³-hybridized carbons (Fsp3) is 0.231. The Hall–Kier alpha value is -2.89. The maximum atomic E-state index is 12.8. The van der Waals surface area contributed by atoms with Gasteiger partial charge in [-0.15, -0.1) is 0 Å². The summed E-state index contributed by atoms with van der Waals surface area (Å²) in [6, 6.07) is 19.1. The standard InChI is InChI=1S/C26H23ClF2N2O/c1-17-2-7-24-20(12-17)8-9-31(24)22-13-21-16-30(10-11-32-25(21)23(27)14-22)15-18-3-5-19(6-4-18)26(28)29/h2-9,12-14,26H,10-11,15-16H2,1H3. The highest BCUT2D eigenvalue weighted by molar-refractivity contribution is 6.32. The Bertz CT molecular complexity index is 1270. The predicted octanol–water partition coefficient (Wildman–Crippen LogP) is 6.92. The first kappa shape index (κ1) is 21.0. The van der Waals surface area contributed by atoms with Crippen LogP contribution in [0, 0.1) is 6.92 Å². The minimum absolute atomic E-state index is 0.0452. The number of rotatable bonds is 4. The number of aryl methyl sites for hydroxylation is 1. The van der Waals surface area contributed by atoms with Gasteiger partial charge in [-0.25, -0.2) is 8.78 Å². The molecule has 0 atom stereocenters. The van der Waals surface area contributed by atoms with Crippen LogP contribution in [0.25, 0.3) is 16.6 Å². The maximum Gasteiger partial charge on any atom is 0.263 e. The zero-order chi connectivity index (χ0) is 22.2. The Morgan fingerprint density at radius 2 is 1.84 bits per heavy atom. The van der Waals surface area contributed by atoms with Crippen LogP contribution in [0.5, 0.6) is 5.75 Å². The van der Waals surface area contributed by atoms with Crippen molar-refractivity contribution in [2.75, 3.05) is 13.2 Å². The molecule has 164 valence electrons. The molecular weight excluding hydrogens is 430 g/mol. The van der Waals surface area contributed by atoms with E-state index in [0.29, 0.717) is 24.7 Å². The van der Waals surface area contributed by atoms with Crippen molar-refractivity contribution in [3.8, 4) is 11.4 Å². The molecule has 0 spiro atoms. The van der Waals surface area contributed by atoms with Gasteiger partial charge in [0.2, 0.25) is 0 Å². The van der Waals surface area contributed by atoms with E-state index in [2.05, 4.69) is 52.9 Å². The lowest BCUT2D eigenvalue weighted by molar-refractivity contribution is 0.151. The molecule has 0 bridgehead atoms. The van der Waals surface area contributed by atoms with Crippen LogP contribution in [0.4, 0.5) is 8.78 Å². The van der Waals surface area contributed by atoms with Gasteiger partial charge in [-0.05, 0) is 42.8 Å². The molecule has 0 N–H and O–H groups in total. The van der Waals surface area contributed by atoms with Crippen molar-refractivity contribution in [2.45, 2.75) is 26.4 Å². The van der Waals surface area contributed by atoms with Gasteiger partial charge in [0.15, 0.2) is 0 Å². The molecule has 5 rings (SSSR count). The van der Waals surface area contributed by atoms with Crippen LogP contribution >= 0.6 is 11.6 Å². The van der Waals surface area contributed by atoms with Crippen molar-refractivity contribution in [1.29, 1.82) is 0 Å². The molecule has 0 amide bonds. The van der Waals surface area contributed by atoms with Gasteiger partial charge >= 0.3 is 0 Å². The first-order valence-electron chi connectivity index (χ1n) is 10.6. The lowest BCUT2D eigenvalue weighted by atomic mass is 10.1. The average Bonchev–Trinajstić information content (AvgIpc) is 3.07. The third-order valence-electron chi connectivity index (χ3n) is 5.91. The summed E-state index contributed by atoms with van der Waals surface area (Å²) in [5.41, 5.74) is 5.39. The topological polar surface area (TPSA) is 17.4 Å². The summed E-state index contributed by atoms with van der Waals surface area (Å²) in [6.07, 6.45) is -0.390. The molecule has 0 saturated carbocycles. The molecule has 2 heterocycles. The number of aromatic nitrogens is 1. The molecule has 4 aromatic rings. The average molecular weight is 453 g/mol. The van der Waals surface area contributed by atoms with Crippen molar-refractivity contribution in [2.24, 2.45) is 0 Å². The van der Waals surface area contributed by atoms with E-state index in [4.69, 9.17) is 16.3 Å². The number of halogens is 3. The van der Waals surface area contributed by atoms with Gasteiger partial charge in [-0.3, -0.25) is 4.90 Å². The SMILES string of the molecule is Cc1ccc2c(ccn2-c2cc(Cl)c3c(c2)CN(Cc2ccc(C(F)F)cc2)CCO3)c1. The molecule has 0 aliphatic carbocycles. The van der Waals surface area contributed by atoms with Crippen molar-refractivity contribution >= 4 is 22.5 Å². The molecule has 6 heteroatoms. The van der Waals surface area contributed by atoms with Crippen LogP contribution in [-0.4, -0.2) is 22.6 Å². The largest absolute Gasteiger partial charge is 0.490 e. The van der Waals surface area contributed by atoms with E-state index >= 15 is 0 Å². The normalized spacial score (nSPS) is 14.4. The van der Waals surface area contributed by atoms with Gasteiger partial charge in [-0.2, -0.15) is 0 Å². The predicted molar refractivity (Wildman–Crippen MR) is 124 cm³/mol. The van der Waals surface area contributed by atoms with Crippen LogP contribution in [0.1, 0.15) is 28.7 Å². The first-order chi connectivity index (χ1) is 15.5. The quantitative estimate of drug-likeness (QED) is 0.334. The highest BCUT2D eigenvalue weighted by Crippen LogP contribution is 2.35. The molecular formula is C26H23ClF2N2O. The molecule has 1 aromatic heterocycles. The van der Waals surface area contributed by atoms with E-state index in [0.717, 1.165) is 34.6 Å². The monoisotopic (exact) mass is 452 g/mol. The number of fused-ring (bicyclic) bond motifs is 2. The number of nitrogens with zero attached hydrogens (tertiary/aromatic N) is 2. The van der Waals surface area contributed by atoms with Gasteiger partial charge in [0.05, 0.1) is 10.5 Å². The number of hydrogen-bond acceptors (Lipinski definition) is 2. The Morgan fingerprint density at radius 1 is 1.03 bits per heavy atom. The lowest BCUT2D eigenvalue weighted by Gasteiger charge is -2.20. The van der Waals surface area contributed by atoms with Gasteiger partial charge in [-0.1, -0.05) is 47.5 Å². The summed E-state index contributed by atoms with van der Waals surface area (Å²) in [5, 5.41) is 1.77. The summed E-state index contributed by atoms with van der Waals surface area (Å²) in [5.74, 6) is 0.721. The Labute approximate surface area is 190 Å². The third kappa shape index (κ3) is 4.10. The minimum Gasteiger partial charge on any atom is -0.490 e. The highest BCUT2D eigenvalue weighted by atomic mass is 35.5. The fourth-order valence-electron chi connectivity index (χ4n) is 4.30.